The van der Waals surface area contributed by atoms with Gasteiger partial charge in [0.1, 0.15) is 0 Å². The average molecular weight is 357 g/mol. The molecular formula is C20H23NO5. The largest absolute Gasteiger partial charge is 0.464 e. The molecule has 0 N–H and O–H groups in total. The van der Waals surface area contributed by atoms with Crippen molar-refractivity contribution in [2.24, 2.45) is 0 Å². The van der Waals surface area contributed by atoms with Gasteiger partial charge in [-0.05, 0) is 43.7 Å². The zero-order chi connectivity index (χ0) is 19.3. The highest BCUT2D eigenvalue weighted by Crippen LogP contribution is 2.30. The topological polar surface area (TPSA) is 72.9 Å². The van der Waals surface area contributed by atoms with E-state index in [0.717, 1.165) is 15.7 Å². The molecule has 0 spiro atoms. The summed E-state index contributed by atoms with van der Waals surface area (Å²) in [5, 5.41) is 1.86. The lowest BCUT2D eigenvalue weighted by molar-refractivity contribution is -0.164. The fourth-order valence-corrected chi connectivity index (χ4v) is 2.88. The van der Waals surface area contributed by atoms with E-state index in [1.807, 2.05) is 30.3 Å². The third kappa shape index (κ3) is 3.54. The number of hydrogen-bond acceptors (Lipinski definition) is 5. The van der Waals surface area contributed by atoms with Crippen molar-refractivity contribution in [3.05, 3.63) is 42.5 Å². The molecule has 0 atom stereocenters. The lowest BCUT2D eigenvalue weighted by Gasteiger charge is -2.36. The van der Waals surface area contributed by atoms with Gasteiger partial charge in [0.25, 0.3) is 0 Å². The maximum atomic E-state index is 12.6. The number of carbonyl (C=O) groups is 3. The van der Waals surface area contributed by atoms with Crippen LogP contribution in [0.1, 0.15) is 27.7 Å². The van der Waals surface area contributed by atoms with E-state index in [4.69, 9.17) is 9.47 Å². The minimum atomic E-state index is -1.92. The molecule has 0 aliphatic rings. The zero-order valence-corrected chi connectivity index (χ0v) is 15.4. The first-order valence-corrected chi connectivity index (χ1v) is 8.50. The normalized spacial score (nSPS) is 11.1. The van der Waals surface area contributed by atoms with Crippen LogP contribution in [0.4, 0.5) is 5.69 Å². The van der Waals surface area contributed by atoms with Crippen molar-refractivity contribution < 1.29 is 23.9 Å². The van der Waals surface area contributed by atoms with Crippen molar-refractivity contribution in [3.8, 4) is 0 Å². The maximum absolute atomic E-state index is 12.6. The average Bonchev–Trinajstić information content (AvgIpc) is 2.61. The van der Waals surface area contributed by atoms with Crippen LogP contribution in [0.15, 0.2) is 42.5 Å². The predicted molar refractivity (Wildman–Crippen MR) is 98.8 cm³/mol. The molecule has 2 rings (SSSR count). The summed E-state index contributed by atoms with van der Waals surface area (Å²) in [4.78, 5) is 38.9. The molecule has 0 aliphatic heterocycles. The molecule has 0 heterocycles. The summed E-state index contributed by atoms with van der Waals surface area (Å²) in [5.74, 6) is -2.13. The first kappa shape index (κ1) is 19.4. The van der Waals surface area contributed by atoms with Crippen LogP contribution in [0.2, 0.25) is 0 Å². The first-order valence-electron chi connectivity index (χ1n) is 8.50. The van der Waals surface area contributed by atoms with Crippen molar-refractivity contribution >= 4 is 34.3 Å². The zero-order valence-electron chi connectivity index (χ0n) is 15.4. The second-order valence-electron chi connectivity index (χ2n) is 5.90. The third-order valence-electron chi connectivity index (χ3n) is 4.10. The van der Waals surface area contributed by atoms with Crippen LogP contribution < -0.4 is 4.90 Å². The summed E-state index contributed by atoms with van der Waals surface area (Å²) >= 11 is 0. The number of anilines is 1. The lowest BCUT2D eigenvalue weighted by Crippen LogP contribution is -2.61. The number of ether oxygens (including phenoxy) is 2. The minimum Gasteiger partial charge on any atom is -0.464 e. The number of fused-ring (bicyclic) bond motifs is 1. The molecule has 1 amide bonds. The molecule has 0 aromatic heterocycles. The Kier molecular flexibility index (Phi) is 5.97. The van der Waals surface area contributed by atoms with E-state index < -0.39 is 23.4 Å². The summed E-state index contributed by atoms with van der Waals surface area (Å²) in [7, 11) is 0. The standard InChI is InChI=1S/C20H23NO5/c1-5-25-18(23)20(4,19(24)26-6-2)21(14(3)22)17-12-11-15-9-7-8-10-16(15)13-17/h7-13H,5-6H2,1-4H3. The van der Waals surface area contributed by atoms with E-state index in [1.165, 1.54) is 13.8 Å². The van der Waals surface area contributed by atoms with Gasteiger partial charge < -0.3 is 9.47 Å². The van der Waals surface area contributed by atoms with Gasteiger partial charge in [-0.25, -0.2) is 9.59 Å². The van der Waals surface area contributed by atoms with Gasteiger partial charge >= 0.3 is 11.9 Å². The van der Waals surface area contributed by atoms with Gasteiger partial charge in [0.2, 0.25) is 11.4 Å². The van der Waals surface area contributed by atoms with Gasteiger partial charge in [-0.3, -0.25) is 9.69 Å². The SMILES string of the molecule is CCOC(=O)C(C)(C(=O)OCC)N(C(C)=O)c1ccc2ccccc2c1. The summed E-state index contributed by atoms with van der Waals surface area (Å²) < 4.78 is 10.2. The minimum absolute atomic E-state index is 0.0806. The van der Waals surface area contributed by atoms with E-state index in [0.29, 0.717) is 5.69 Å². The molecule has 2 aromatic carbocycles. The molecule has 6 heteroatoms. The summed E-state index contributed by atoms with van der Waals surface area (Å²) in [6, 6.07) is 12.9. The number of hydrogen-bond donors (Lipinski definition) is 0. The molecule has 0 saturated heterocycles. The molecule has 0 unspecified atom stereocenters. The molecule has 0 fully saturated rings. The van der Waals surface area contributed by atoms with Crippen LogP contribution in [0.3, 0.4) is 0 Å². The van der Waals surface area contributed by atoms with Crippen LogP contribution >= 0.6 is 0 Å². The molecule has 0 aliphatic carbocycles. The Morgan fingerprint density at radius 1 is 0.923 bits per heavy atom. The lowest BCUT2D eigenvalue weighted by atomic mass is 9.97. The summed E-state index contributed by atoms with van der Waals surface area (Å²) in [5.41, 5.74) is -1.50. The summed E-state index contributed by atoms with van der Waals surface area (Å²) in [6.07, 6.45) is 0. The van der Waals surface area contributed by atoms with Gasteiger partial charge in [-0.1, -0.05) is 30.3 Å². The Balaban J connectivity index is 2.63. The van der Waals surface area contributed by atoms with Crippen molar-refractivity contribution in [1.29, 1.82) is 0 Å². The van der Waals surface area contributed by atoms with E-state index >= 15 is 0 Å². The highest BCUT2D eigenvalue weighted by Gasteiger charge is 2.51. The highest BCUT2D eigenvalue weighted by molar-refractivity contribution is 6.15. The quantitative estimate of drug-likeness (QED) is 0.587. The second kappa shape index (κ2) is 7.99. The number of nitrogens with zero attached hydrogens (tertiary/aromatic N) is 1. The van der Waals surface area contributed by atoms with Crippen molar-refractivity contribution in [2.75, 3.05) is 18.1 Å². The Labute approximate surface area is 152 Å². The molecule has 0 saturated carbocycles. The third-order valence-corrected chi connectivity index (χ3v) is 4.10. The van der Waals surface area contributed by atoms with Crippen LogP contribution in [-0.4, -0.2) is 36.6 Å². The smallest absolute Gasteiger partial charge is 0.343 e. The van der Waals surface area contributed by atoms with Crippen LogP contribution in [-0.2, 0) is 23.9 Å². The Bertz CT molecular complexity index is 812. The Hall–Kier alpha value is -2.89. The molecule has 138 valence electrons. The number of carbonyl (C=O) groups excluding carboxylic acids is 3. The van der Waals surface area contributed by atoms with Gasteiger partial charge in [-0.2, -0.15) is 0 Å². The maximum Gasteiger partial charge on any atom is 0.343 e. The fraction of sp³-hybridized carbons (Fsp3) is 0.350. The molecule has 26 heavy (non-hydrogen) atoms. The Morgan fingerprint density at radius 2 is 1.46 bits per heavy atom. The van der Waals surface area contributed by atoms with E-state index in [2.05, 4.69) is 0 Å². The highest BCUT2D eigenvalue weighted by atomic mass is 16.6. The van der Waals surface area contributed by atoms with E-state index in [1.54, 1.807) is 26.0 Å². The monoisotopic (exact) mass is 357 g/mol. The molecule has 0 bridgehead atoms. The van der Waals surface area contributed by atoms with Gasteiger partial charge in [0.05, 0.1) is 13.2 Å². The second-order valence-corrected chi connectivity index (χ2v) is 5.90. The van der Waals surface area contributed by atoms with Gasteiger partial charge in [0.15, 0.2) is 0 Å². The number of esters is 2. The van der Waals surface area contributed by atoms with Crippen LogP contribution in [0.5, 0.6) is 0 Å². The van der Waals surface area contributed by atoms with E-state index in [9.17, 15) is 14.4 Å². The molecule has 0 radical (unpaired) electrons. The number of rotatable bonds is 6. The molecule has 6 nitrogen and oxygen atoms in total. The van der Waals surface area contributed by atoms with Crippen molar-refractivity contribution in [3.63, 3.8) is 0 Å². The summed E-state index contributed by atoms with van der Waals surface area (Å²) in [6.45, 7) is 6.08. The number of benzene rings is 2. The first-order chi connectivity index (χ1) is 12.4. The fourth-order valence-electron chi connectivity index (χ4n) is 2.88. The van der Waals surface area contributed by atoms with Gasteiger partial charge in [0, 0.05) is 12.6 Å². The Morgan fingerprint density at radius 3 is 1.96 bits per heavy atom. The van der Waals surface area contributed by atoms with Crippen LogP contribution in [0, 0.1) is 0 Å². The van der Waals surface area contributed by atoms with Crippen LogP contribution in [0.25, 0.3) is 10.8 Å². The van der Waals surface area contributed by atoms with E-state index in [-0.39, 0.29) is 13.2 Å². The molecule has 2 aromatic rings. The number of amides is 1. The van der Waals surface area contributed by atoms with Crippen molar-refractivity contribution in [2.45, 2.75) is 33.2 Å². The predicted octanol–water partition coefficient (Wildman–Crippen LogP) is 3.08. The van der Waals surface area contributed by atoms with Crippen molar-refractivity contribution in [1.82, 2.24) is 0 Å². The van der Waals surface area contributed by atoms with Gasteiger partial charge in [-0.15, -0.1) is 0 Å². The molecular weight excluding hydrogens is 334 g/mol.